The Kier molecular flexibility index (Phi) is 10.2. The summed E-state index contributed by atoms with van der Waals surface area (Å²) in [4.78, 5) is 37.0. The summed E-state index contributed by atoms with van der Waals surface area (Å²) in [5.74, 6) is -1.69. The van der Waals surface area contributed by atoms with Gasteiger partial charge in [-0.15, -0.1) is 11.3 Å². The van der Waals surface area contributed by atoms with Gasteiger partial charge in [-0.05, 0) is 31.4 Å². The van der Waals surface area contributed by atoms with Gasteiger partial charge in [0.1, 0.15) is 23.7 Å². The first kappa shape index (κ1) is 27.0. The van der Waals surface area contributed by atoms with Crippen LogP contribution < -0.4 is 15.7 Å². The average Bonchev–Trinajstić information content (AvgIpc) is 3.23. The van der Waals surface area contributed by atoms with Crippen LogP contribution in [0.15, 0.2) is 39.7 Å². The first-order valence-corrected chi connectivity index (χ1v) is 11.3. The first-order chi connectivity index (χ1) is 16.1. The molecule has 0 bridgehead atoms. The fraction of sp³-hybridized carbons (Fsp3) is 0.435. The molecule has 2 rings (SSSR count). The number of allylic oxidation sites excluding steroid dienone is 1. The Bertz CT molecular complexity index is 1060. The molecule has 8 nitrogen and oxygen atoms in total. The zero-order chi connectivity index (χ0) is 25.3. The standard InChI is InChI=1S/C23H27F2NO7S/c1-13(6-4-5-9-26-23(30)31-3)17-11-16(27)20(22(29)33-17)21(28)14(2)10-15-7-8-19(34-15)32-12-18(24)25/h5,7-9,11,13-14,18,27H,4,6,10,12H2,1-3H3,(H,26,30)/b9-5+. The predicted octanol–water partition coefficient (Wildman–Crippen LogP) is 4.87. The smallest absolute Gasteiger partial charge is 0.410 e. The molecular weight excluding hydrogens is 472 g/mol. The molecule has 2 aromatic heterocycles. The minimum absolute atomic E-state index is 0.235. The van der Waals surface area contributed by atoms with Gasteiger partial charge in [0.05, 0.1) is 7.11 Å². The van der Waals surface area contributed by atoms with Crippen molar-refractivity contribution in [3.63, 3.8) is 0 Å². The summed E-state index contributed by atoms with van der Waals surface area (Å²) < 4.78 is 39.2. The number of rotatable bonds is 12. The number of thiophene rings is 1. The zero-order valence-electron chi connectivity index (χ0n) is 19.0. The molecule has 2 N–H and O–H groups in total. The Morgan fingerprint density at radius 3 is 2.68 bits per heavy atom. The molecule has 34 heavy (non-hydrogen) atoms. The number of hydrogen-bond acceptors (Lipinski definition) is 8. The van der Waals surface area contributed by atoms with Crippen molar-refractivity contribution < 1.29 is 37.4 Å². The minimum atomic E-state index is -2.58. The van der Waals surface area contributed by atoms with E-state index in [1.807, 2.05) is 0 Å². The summed E-state index contributed by atoms with van der Waals surface area (Å²) in [6.45, 7) is 2.69. The number of hydrogen-bond donors (Lipinski definition) is 2. The van der Waals surface area contributed by atoms with Crippen LogP contribution >= 0.6 is 11.3 Å². The van der Waals surface area contributed by atoms with Gasteiger partial charge in [-0.3, -0.25) is 10.1 Å². The van der Waals surface area contributed by atoms with Crippen molar-refractivity contribution in [2.24, 2.45) is 5.92 Å². The molecule has 0 radical (unpaired) electrons. The van der Waals surface area contributed by atoms with Crippen molar-refractivity contribution in [3.8, 4) is 10.8 Å². The maximum Gasteiger partial charge on any atom is 0.410 e. The SMILES string of the molecule is COC(=O)N/C=C/CCC(C)c1cc(O)c(C(=O)C(C)Cc2ccc(OCC(F)F)s2)c(=O)o1. The van der Waals surface area contributed by atoms with Crippen molar-refractivity contribution in [1.29, 1.82) is 0 Å². The van der Waals surface area contributed by atoms with Gasteiger partial charge < -0.3 is 19.0 Å². The van der Waals surface area contributed by atoms with Crippen LogP contribution in [-0.2, 0) is 11.2 Å². The van der Waals surface area contributed by atoms with E-state index in [1.165, 1.54) is 19.4 Å². The molecule has 11 heteroatoms. The Morgan fingerprint density at radius 1 is 1.29 bits per heavy atom. The monoisotopic (exact) mass is 499 g/mol. The van der Waals surface area contributed by atoms with Crippen molar-refractivity contribution in [2.75, 3.05) is 13.7 Å². The van der Waals surface area contributed by atoms with Gasteiger partial charge in [0.2, 0.25) is 0 Å². The van der Waals surface area contributed by atoms with Crippen molar-refractivity contribution in [3.05, 3.63) is 57.1 Å². The zero-order valence-corrected chi connectivity index (χ0v) is 19.8. The van der Waals surface area contributed by atoms with E-state index < -0.39 is 47.8 Å². The number of aromatic hydroxyl groups is 1. The van der Waals surface area contributed by atoms with Crippen LogP contribution in [0.25, 0.3) is 0 Å². The number of carbonyl (C=O) groups is 2. The summed E-state index contributed by atoms with van der Waals surface area (Å²) in [5.41, 5.74) is -1.34. The van der Waals surface area contributed by atoms with E-state index in [-0.39, 0.29) is 18.1 Å². The van der Waals surface area contributed by atoms with E-state index in [9.17, 15) is 28.3 Å². The molecule has 0 fully saturated rings. The molecule has 0 aromatic carbocycles. The lowest BCUT2D eigenvalue weighted by Gasteiger charge is -2.13. The van der Waals surface area contributed by atoms with E-state index in [0.29, 0.717) is 22.8 Å². The number of ketones is 1. The van der Waals surface area contributed by atoms with Crippen molar-refractivity contribution in [2.45, 2.75) is 45.5 Å². The van der Waals surface area contributed by atoms with Crippen molar-refractivity contribution >= 4 is 23.2 Å². The fourth-order valence-corrected chi connectivity index (χ4v) is 4.05. The highest BCUT2D eigenvalue weighted by atomic mass is 32.1. The molecule has 186 valence electrons. The second kappa shape index (κ2) is 12.9. The van der Waals surface area contributed by atoms with Crippen LogP contribution in [-0.4, -0.2) is 37.1 Å². The predicted molar refractivity (Wildman–Crippen MR) is 122 cm³/mol. The van der Waals surface area contributed by atoms with Crippen LogP contribution in [0, 0.1) is 5.92 Å². The van der Waals surface area contributed by atoms with E-state index in [0.717, 1.165) is 11.3 Å². The third-order valence-corrected chi connectivity index (χ3v) is 5.92. The summed E-state index contributed by atoms with van der Waals surface area (Å²) in [6, 6.07) is 4.48. The fourth-order valence-electron chi connectivity index (χ4n) is 3.06. The van der Waals surface area contributed by atoms with Crippen LogP contribution in [0.1, 0.15) is 53.6 Å². The number of ether oxygens (including phenoxy) is 2. The highest BCUT2D eigenvalue weighted by molar-refractivity contribution is 7.13. The average molecular weight is 500 g/mol. The minimum Gasteiger partial charge on any atom is -0.507 e. The molecule has 2 unspecified atom stereocenters. The first-order valence-electron chi connectivity index (χ1n) is 10.5. The lowest BCUT2D eigenvalue weighted by Crippen LogP contribution is -2.22. The second-order valence-corrected chi connectivity index (χ2v) is 8.74. The number of halogens is 2. The third kappa shape index (κ3) is 7.98. The van der Waals surface area contributed by atoms with Gasteiger partial charge in [-0.2, -0.15) is 0 Å². The molecule has 0 aliphatic rings. The molecule has 2 heterocycles. The Balaban J connectivity index is 2.01. The summed E-state index contributed by atoms with van der Waals surface area (Å²) in [6.07, 6.45) is 1.32. The number of alkyl halides is 2. The number of methoxy groups -OCH3 is 1. The summed E-state index contributed by atoms with van der Waals surface area (Å²) >= 11 is 1.14. The van der Waals surface area contributed by atoms with Crippen LogP contribution in [0.4, 0.5) is 13.6 Å². The number of carbonyl (C=O) groups excluding carboxylic acids is 2. The molecule has 0 saturated heterocycles. The van der Waals surface area contributed by atoms with Gasteiger partial charge in [-0.25, -0.2) is 18.4 Å². The van der Waals surface area contributed by atoms with Gasteiger partial charge in [-0.1, -0.05) is 19.9 Å². The number of alkyl carbamates (subject to hydrolysis) is 1. The van der Waals surface area contributed by atoms with Crippen LogP contribution in [0.5, 0.6) is 10.8 Å². The molecule has 2 aromatic rings. The van der Waals surface area contributed by atoms with Gasteiger partial charge >= 0.3 is 11.7 Å². The normalized spacial score (nSPS) is 13.1. The van der Waals surface area contributed by atoms with E-state index in [4.69, 9.17) is 9.15 Å². The highest BCUT2D eigenvalue weighted by Crippen LogP contribution is 2.29. The summed E-state index contributed by atoms with van der Waals surface area (Å²) in [5, 5.41) is 13.1. The largest absolute Gasteiger partial charge is 0.507 e. The number of nitrogens with one attached hydrogen (secondary N) is 1. The molecule has 0 spiro atoms. The number of amides is 1. The molecule has 1 amide bonds. The highest BCUT2D eigenvalue weighted by Gasteiger charge is 2.25. The Labute approximate surface area is 199 Å². The lowest BCUT2D eigenvalue weighted by molar-refractivity contribution is 0.0838. The molecule has 0 saturated carbocycles. The second-order valence-electron chi connectivity index (χ2n) is 7.61. The maximum absolute atomic E-state index is 12.8. The Hall–Kier alpha value is -3.21. The third-order valence-electron chi connectivity index (χ3n) is 4.90. The van der Waals surface area contributed by atoms with E-state index in [2.05, 4.69) is 10.1 Å². The number of Topliss-reactive ketones (excluding diaryl/α,β-unsaturated/α-hetero) is 1. The van der Waals surface area contributed by atoms with Gasteiger partial charge in [0.15, 0.2) is 10.8 Å². The summed E-state index contributed by atoms with van der Waals surface area (Å²) in [7, 11) is 1.25. The quantitative estimate of drug-likeness (QED) is 0.401. The molecule has 0 aliphatic heterocycles. The van der Waals surface area contributed by atoms with E-state index in [1.54, 1.807) is 32.1 Å². The van der Waals surface area contributed by atoms with Gasteiger partial charge in [0, 0.05) is 29.0 Å². The molecule has 2 atom stereocenters. The van der Waals surface area contributed by atoms with Gasteiger partial charge in [0.25, 0.3) is 6.43 Å². The van der Waals surface area contributed by atoms with Crippen LogP contribution in [0.3, 0.4) is 0 Å². The van der Waals surface area contributed by atoms with Crippen molar-refractivity contribution in [1.82, 2.24) is 5.32 Å². The lowest BCUT2D eigenvalue weighted by atomic mass is 9.95. The maximum atomic E-state index is 12.8. The topological polar surface area (TPSA) is 115 Å². The van der Waals surface area contributed by atoms with E-state index >= 15 is 0 Å². The van der Waals surface area contributed by atoms with Crippen LogP contribution in [0.2, 0.25) is 0 Å². The molecular formula is C23H27F2NO7S. The Morgan fingerprint density at radius 2 is 2.03 bits per heavy atom. The molecule has 0 aliphatic carbocycles.